The second kappa shape index (κ2) is 12.2. The van der Waals surface area contributed by atoms with Gasteiger partial charge in [-0.1, -0.05) is 30.8 Å². The second-order valence-corrected chi connectivity index (χ2v) is 6.25. The van der Waals surface area contributed by atoms with Crippen LogP contribution in [0.3, 0.4) is 0 Å². The Bertz CT molecular complexity index is 783. The maximum absolute atomic E-state index is 10.8. The molecule has 1 aliphatic heterocycles. The summed E-state index contributed by atoms with van der Waals surface area (Å²) in [5, 5.41) is 2.18. The van der Waals surface area contributed by atoms with Crippen molar-refractivity contribution in [3.63, 3.8) is 0 Å². The molecule has 8 nitrogen and oxygen atoms in total. The molecule has 0 fully saturated rings. The molecule has 0 spiro atoms. The van der Waals surface area contributed by atoms with Crippen LogP contribution in [0, 0.1) is 0 Å². The zero-order valence-corrected chi connectivity index (χ0v) is 16.7. The van der Waals surface area contributed by atoms with E-state index in [9.17, 15) is 4.79 Å². The number of benzene rings is 2. The van der Waals surface area contributed by atoms with Crippen LogP contribution in [0.1, 0.15) is 0 Å². The van der Waals surface area contributed by atoms with E-state index >= 15 is 0 Å². The van der Waals surface area contributed by atoms with Gasteiger partial charge in [0.2, 0.25) is 0 Å². The lowest BCUT2D eigenvalue weighted by Crippen LogP contribution is -2.30. The van der Waals surface area contributed by atoms with E-state index in [4.69, 9.17) is 32.9 Å². The van der Waals surface area contributed by atoms with Gasteiger partial charge >= 0.3 is 13.3 Å². The summed E-state index contributed by atoms with van der Waals surface area (Å²) in [4.78, 5) is 10.8. The van der Waals surface area contributed by atoms with Gasteiger partial charge in [-0.05, 0) is 22.9 Å². The minimum atomic E-state index is -0.764. The number of carbonyl (C=O) groups excluding carboxylic acids is 1. The zero-order valence-electron chi connectivity index (χ0n) is 16.7. The maximum Gasteiger partial charge on any atom is 0.788 e. The third-order valence-electron chi connectivity index (χ3n) is 4.12. The van der Waals surface area contributed by atoms with Gasteiger partial charge < -0.3 is 32.9 Å². The molecule has 0 atom stereocenters. The van der Waals surface area contributed by atoms with Crippen LogP contribution in [0.2, 0.25) is 0 Å². The molecule has 0 aliphatic carbocycles. The van der Waals surface area contributed by atoms with Crippen molar-refractivity contribution >= 4 is 24.1 Å². The molecule has 9 heteroatoms. The summed E-state index contributed by atoms with van der Waals surface area (Å²) in [7, 11) is -0.764. The van der Waals surface area contributed by atoms with Crippen molar-refractivity contribution in [2.24, 2.45) is 0 Å². The lowest BCUT2D eigenvalue weighted by atomic mass is 10.1. The van der Waals surface area contributed by atoms with E-state index in [1.54, 1.807) is 0 Å². The van der Waals surface area contributed by atoms with Gasteiger partial charge in [0.05, 0.1) is 46.2 Å². The molecule has 0 aromatic heterocycles. The van der Waals surface area contributed by atoms with Gasteiger partial charge in [-0.2, -0.15) is 0 Å². The van der Waals surface area contributed by atoms with Gasteiger partial charge in [0.15, 0.2) is 0 Å². The van der Waals surface area contributed by atoms with E-state index < -0.39 is 13.3 Å². The Morgan fingerprint density at radius 3 is 1.87 bits per heavy atom. The first-order valence-corrected chi connectivity index (χ1v) is 9.76. The highest BCUT2D eigenvalue weighted by Crippen LogP contribution is 2.37. The standard InChI is InChI=1S/C21H25BO8/c1-2-21(23)27-13-11-25-9-7-24-8-10-26-12-14-28-22-29-19-15-17-5-3-4-6-18(17)16-20(19)30-22/h2-6,15-16H,1,7-14H2. The van der Waals surface area contributed by atoms with Crippen molar-refractivity contribution in [1.82, 2.24) is 0 Å². The average molecular weight is 416 g/mol. The van der Waals surface area contributed by atoms with Gasteiger partial charge in [-0.3, -0.25) is 0 Å². The Kier molecular flexibility index (Phi) is 8.98. The molecule has 0 saturated carbocycles. The fourth-order valence-corrected chi connectivity index (χ4v) is 2.69. The quantitative estimate of drug-likeness (QED) is 0.201. The van der Waals surface area contributed by atoms with Crippen molar-refractivity contribution in [1.29, 1.82) is 0 Å². The first-order chi connectivity index (χ1) is 14.8. The summed E-state index contributed by atoms with van der Waals surface area (Å²) in [6, 6.07) is 11.9. The minimum absolute atomic E-state index is 0.198. The minimum Gasteiger partial charge on any atom is -0.498 e. The predicted molar refractivity (Wildman–Crippen MR) is 111 cm³/mol. The highest BCUT2D eigenvalue weighted by atomic mass is 16.8. The highest BCUT2D eigenvalue weighted by molar-refractivity contribution is 6.40. The highest BCUT2D eigenvalue weighted by Gasteiger charge is 2.35. The monoisotopic (exact) mass is 416 g/mol. The van der Waals surface area contributed by atoms with Crippen molar-refractivity contribution < 1.29 is 37.7 Å². The van der Waals surface area contributed by atoms with E-state index in [1.165, 1.54) is 0 Å². The first kappa shape index (κ1) is 22.1. The number of fused-ring (bicyclic) bond motifs is 2. The van der Waals surface area contributed by atoms with Crippen LogP contribution in [0.15, 0.2) is 49.1 Å². The molecule has 1 heterocycles. The molecular formula is C21H25BO8. The van der Waals surface area contributed by atoms with E-state index in [0.29, 0.717) is 57.7 Å². The zero-order chi connectivity index (χ0) is 21.0. The Morgan fingerprint density at radius 2 is 1.33 bits per heavy atom. The molecule has 30 heavy (non-hydrogen) atoms. The predicted octanol–water partition coefficient (Wildman–Crippen LogP) is 2.39. The molecule has 2 aromatic carbocycles. The largest absolute Gasteiger partial charge is 0.788 e. The summed E-state index contributed by atoms with van der Waals surface area (Å²) in [6.45, 7) is 6.31. The van der Waals surface area contributed by atoms with Crippen molar-refractivity contribution in [2.45, 2.75) is 0 Å². The molecule has 0 unspecified atom stereocenters. The van der Waals surface area contributed by atoms with Gasteiger partial charge in [-0.15, -0.1) is 0 Å². The topological polar surface area (TPSA) is 81.7 Å². The number of ether oxygens (including phenoxy) is 4. The van der Waals surface area contributed by atoms with Crippen molar-refractivity contribution in [2.75, 3.05) is 52.9 Å². The summed E-state index contributed by atoms with van der Waals surface area (Å²) >= 11 is 0. The van der Waals surface area contributed by atoms with Crippen LogP contribution in [-0.2, 0) is 28.4 Å². The molecular weight excluding hydrogens is 391 g/mol. The van der Waals surface area contributed by atoms with Crippen LogP contribution in [-0.4, -0.2) is 66.1 Å². The van der Waals surface area contributed by atoms with Crippen LogP contribution in [0.4, 0.5) is 0 Å². The average Bonchev–Trinajstić information content (AvgIpc) is 3.16. The molecule has 160 valence electrons. The van der Waals surface area contributed by atoms with Crippen LogP contribution in [0.25, 0.3) is 10.8 Å². The molecule has 1 aliphatic rings. The van der Waals surface area contributed by atoms with E-state index in [1.807, 2.05) is 36.4 Å². The number of hydrogen-bond donors (Lipinski definition) is 0. The van der Waals surface area contributed by atoms with Crippen LogP contribution < -0.4 is 9.31 Å². The molecule has 0 radical (unpaired) electrons. The smallest absolute Gasteiger partial charge is 0.498 e. The molecule has 0 N–H and O–H groups in total. The Balaban J connectivity index is 1.16. The number of hydrogen-bond acceptors (Lipinski definition) is 8. The maximum atomic E-state index is 10.8. The lowest BCUT2D eigenvalue weighted by Gasteiger charge is -2.08. The van der Waals surface area contributed by atoms with Crippen molar-refractivity contribution in [3.8, 4) is 11.5 Å². The number of esters is 1. The van der Waals surface area contributed by atoms with Gasteiger partial charge in [-0.25, -0.2) is 4.79 Å². The SMILES string of the molecule is C=CC(=O)OCCOCCOCCOCCOB1Oc2cc3ccccc3cc2O1. The molecule has 0 saturated heterocycles. The van der Waals surface area contributed by atoms with Gasteiger partial charge in [0.25, 0.3) is 0 Å². The number of rotatable bonds is 14. The third kappa shape index (κ3) is 7.03. The fourth-order valence-electron chi connectivity index (χ4n) is 2.69. The molecule has 0 amide bonds. The molecule has 2 aromatic rings. The summed E-state index contributed by atoms with van der Waals surface area (Å²) < 4.78 is 37.7. The summed E-state index contributed by atoms with van der Waals surface area (Å²) in [5.41, 5.74) is 0. The molecule has 3 rings (SSSR count). The Hall–Kier alpha value is -2.59. The first-order valence-electron chi connectivity index (χ1n) is 9.76. The second-order valence-electron chi connectivity index (χ2n) is 6.25. The van der Waals surface area contributed by atoms with E-state index in [0.717, 1.165) is 16.8 Å². The Labute approximate surface area is 175 Å². The number of carbonyl (C=O) groups is 1. The summed E-state index contributed by atoms with van der Waals surface area (Å²) in [6.07, 6.45) is 1.11. The van der Waals surface area contributed by atoms with Gasteiger partial charge in [0.1, 0.15) is 18.1 Å². The normalized spacial score (nSPS) is 12.3. The molecule has 0 bridgehead atoms. The fraction of sp³-hybridized carbons (Fsp3) is 0.381. The van der Waals surface area contributed by atoms with Crippen molar-refractivity contribution in [3.05, 3.63) is 49.1 Å². The van der Waals surface area contributed by atoms with Crippen LogP contribution >= 0.6 is 0 Å². The van der Waals surface area contributed by atoms with Crippen LogP contribution in [0.5, 0.6) is 11.5 Å². The van der Waals surface area contributed by atoms with E-state index in [-0.39, 0.29) is 6.61 Å². The summed E-state index contributed by atoms with van der Waals surface area (Å²) in [5.74, 6) is 0.892. The van der Waals surface area contributed by atoms with E-state index in [2.05, 4.69) is 6.58 Å². The Morgan fingerprint density at radius 1 is 0.833 bits per heavy atom. The van der Waals surface area contributed by atoms with Gasteiger partial charge in [0, 0.05) is 6.08 Å². The lowest BCUT2D eigenvalue weighted by molar-refractivity contribution is -0.139. The third-order valence-corrected chi connectivity index (χ3v) is 4.12.